The van der Waals surface area contributed by atoms with E-state index in [1.54, 1.807) is 0 Å². The van der Waals surface area contributed by atoms with E-state index in [9.17, 15) is 22.8 Å². The maximum atomic E-state index is 12.1. The molecule has 2 unspecified atom stereocenters. The molecule has 1 saturated heterocycles. The number of hydrogen-bond donors (Lipinski definition) is 2. The maximum absolute atomic E-state index is 12.1. The second-order valence-corrected chi connectivity index (χ2v) is 3.76. The summed E-state index contributed by atoms with van der Waals surface area (Å²) >= 11 is 0. The average Bonchev–Trinajstić information content (AvgIpc) is 2.26. The molecule has 1 fully saturated rings. The molecule has 0 bridgehead atoms. The van der Waals surface area contributed by atoms with Crippen molar-refractivity contribution in [1.29, 1.82) is 0 Å². The third-order valence-electron chi connectivity index (χ3n) is 2.58. The monoisotopic (exact) mass is 254 g/mol. The van der Waals surface area contributed by atoms with Crippen molar-refractivity contribution in [3.8, 4) is 0 Å². The van der Waals surface area contributed by atoms with E-state index in [-0.39, 0.29) is 25.5 Å². The lowest BCUT2D eigenvalue weighted by Crippen LogP contribution is -2.55. The third-order valence-corrected chi connectivity index (χ3v) is 2.58. The number of amides is 1. The van der Waals surface area contributed by atoms with Crippen LogP contribution in [0.5, 0.6) is 0 Å². The molecule has 0 aromatic rings. The molecule has 17 heavy (non-hydrogen) atoms. The molecule has 0 aromatic heterocycles. The van der Waals surface area contributed by atoms with Crippen LogP contribution in [-0.4, -0.2) is 44.3 Å². The molecular formula is C9H13F3N2O3. The molecule has 0 aromatic carbocycles. The first kappa shape index (κ1) is 13.8. The summed E-state index contributed by atoms with van der Waals surface area (Å²) in [6.07, 6.45) is -4.36. The highest BCUT2D eigenvalue weighted by molar-refractivity contribution is 5.82. The van der Waals surface area contributed by atoms with E-state index in [1.807, 2.05) is 5.32 Å². The standard InChI is InChI=1S/C9H13F3N2O3/c10-9(11,12)8(16)14-7-3-13-2-1-6(7)4-17-5-15/h5-7,13H,1-4H2,(H,14,16). The summed E-state index contributed by atoms with van der Waals surface area (Å²) < 4.78 is 40.7. The van der Waals surface area contributed by atoms with E-state index in [0.29, 0.717) is 13.0 Å². The van der Waals surface area contributed by atoms with Crippen molar-refractivity contribution in [3.05, 3.63) is 0 Å². The number of piperidine rings is 1. The summed E-state index contributed by atoms with van der Waals surface area (Å²) in [5.74, 6) is -2.27. The first-order chi connectivity index (χ1) is 7.95. The lowest BCUT2D eigenvalue weighted by Gasteiger charge is -2.32. The minimum atomic E-state index is -4.90. The van der Waals surface area contributed by atoms with E-state index >= 15 is 0 Å². The number of carbonyl (C=O) groups excluding carboxylic acids is 2. The average molecular weight is 254 g/mol. The fourth-order valence-electron chi connectivity index (χ4n) is 1.69. The van der Waals surface area contributed by atoms with E-state index in [0.717, 1.165) is 0 Å². The van der Waals surface area contributed by atoms with E-state index < -0.39 is 18.1 Å². The summed E-state index contributed by atoms with van der Waals surface area (Å²) in [6, 6.07) is -0.683. The highest BCUT2D eigenvalue weighted by Crippen LogP contribution is 2.18. The first-order valence-corrected chi connectivity index (χ1v) is 5.09. The first-order valence-electron chi connectivity index (χ1n) is 5.09. The number of carbonyl (C=O) groups is 2. The van der Waals surface area contributed by atoms with Gasteiger partial charge in [-0.15, -0.1) is 0 Å². The summed E-state index contributed by atoms with van der Waals surface area (Å²) in [7, 11) is 0. The molecule has 5 nitrogen and oxygen atoms in total. The van der Waals surface area contributed by atoms with Crippen LogP contribution in [0.25, 0.3) is 0 Å². The molecule has 0 radical (unpaired) electrons. The lowest BCUT2D eigenvalue weighted by molar-refractivity contribution is -0.175. The van der Waals surface area contributed by atoms with Crippen molar-refractivity contribution in [2.24, 2.45) is 5.92 Å². The Labute approximate surface area is 95.7 Å². The van der Waals surface area contributed by atoms with Gasteiger partial charge in [-0.1, -0.05) is 0 Å². The van der Waals surface area contributed by atoms with Gasteiger partial charge in [0.25, 0.3) is 6.47 Å². The number of nitrogens with one attached hydrogen (secondary N) is 2. The van der Waals surface area contributed by atoms with Crippen molar-refractivity contribution >= 4 is 12.4 Å². The smallest absolute Gasteiger partial charge is 0.468 e. The predicted octanol–water partition coefficient (Wildman–Crippen LogP) is -0.184. The van der Waals surface area contributed by atoms with Gasteiger partial charge >= 0.3 is 12.1 Å². The Morgan fingerprint density at radius 3 is 2.82 bits per heavy atom. The van der Waals surface area contributed by atoms with Gasteiger partial charge < -0.3 is 15.4 Å². The summed E-state index contributed by atoms with van der Waals surface area (Å²) in [4.78, 5) is 20.8. The molecule has 1 amide bonds. The van der Waals surface area contributed by atoms with Crippen molar-refractivity contribution in [2.75, 3.05) is 19.7 Å². The summed E-state index contributed by atoms with van der Waals surface area (Å²) in [6.45, 7) is 1.10. The Bertz CT molecular complexity index is 283. The second-order valence-electron chi connectivity index (χ2n) is 3.76. The predicted molar refractivity (Wildman–Crippen MR) is 51.0 cm³/mol. The van der Waals surface area contributed by atoms with Crippen molar-refractivity contribution < 1.29 is 27.5 Å². The molecule has 0 aliphatic carbocycles. The van der Waals surface area contributed by atoms with E-state index in [1.165, 1.54) is 0 Å². The Kier molecular flexibility index (Phi) is 4.73. The van der Waals surface area contributed by atoms with Gasteiger partial charge in [0, 0.05) is 18.5 Å². The Hall–Kier alpha value is -1.31. The number of ether oxygens (including phenoxy) is 1. The molecule has 1 aliphatic rings. The van der Waals surface area contributed by atoms with E-state index in [4.69, 9.17) is 0 Å². The molecule has 0 saturated carbocycles. The molecule has 8 heteroatoms. The zero-order valence-corrected chi connectivity index (χ0v) is 8.92. The van der Waals surface area contributed by atoms with Gasteiger partial charge in [-0.2, -0.15) is 13.2 Å². The highest BCUT2D eigenvalue weighted by Gasteiger charge is 2.41. The molecule has 2 atom stereocenters. The van der Waals surface area contributed by atoms with Crippen LogP contribution in [0.1, 0.15) is 6.42 Å². The van der Waals surface area contributed by atoms with Gasteiger partial charge in [0.15, 0.2) is 0 Å². The Morgan fingerprint density at radius 1 is 1.53 bits per heavy atom. The quantitative estimate of drug-likeness (QED) is 0.683. The van der Waals surface area contributed by atoms with E-state index in [2.05, 4.69) is 10.1 Å². The molecule has 2 N–H and O–H groups in total. The van der Waals surface area contributed by atoms with Crippen molar-refractivity contribution in [1.82, 2.24) is 10.6 Å². The van der Waals surface area contributed by atoms with Crippen LogP contribution >= 0.6 is 0 Å². The lowest BCUT2D eigenvalue weighted by atomic mass is 9.93. The van der Waals surface area contributed by atoms with Gasteiger partial charge in [0.05, 0.1) is 6.61 Å². The summed E-state index contributed by atoms with van der Waals surface area (Å²) in [5.41, 5.74) is 0. The molecule has 1 rings (SSSR count). The number of hydrogen-bond acceptors (Lipinski definition) is 4. The second kappa shape index (κ2) is 5.85. The van der Waals surface area contributed by atoms with Crippen LogP contribution in [0.15, 0.2) is 0 Å². The third kappa shape index (κ3) is 4.22. The van der Waals surface area contributed by atoms with Crippen LogP contribution in [0.4, 0.5) is 13.2 Å². The van der Waals surface area contributed by atoms with Crippen LogP contribution < -0.4 is 10.6 Å². The van der Waals surface area contributed by atoms with Gasteiger partial charge in [-0.05, 0) is 13.0 Å². The molecule has 98 valence electrons. The minimum Gasteiger partial charge on any atom is -0.468 e. The zero-order chi connectivity index (χ0) is 12.9. The molecular weight excluding hydrogens is 241 g/mol. The molecule has 1 heterocycles. The molecule has 1 aliphatic heterocycles. The van der Waals surface area contributed by atoms with Gasteiger partial charge in [0.1, 0.15) is 0 Å². The van der Waals surface area contributed by atoms with Gasteiger partial charge in [0.2, 0.25) is 0 Å². The van der Waals surface area contributed by atoms with Crippen molar-refractivity contribution in [2.45, 2.75) is 18.6 Å². The Balaban J connectivity index is 2.53. The summed E-state index contributed by atoms with van der Waals surface area (Å²) in [5, 5.41) is 4.77. The fourth-order valence-corrected chi connectivity index (χ4v) is 1.69. The fraction of sp³-hybridized carbons (Fsp3) is 0.778. The number of rotatable bonds is 4. The highest BCUT2D eigenvalue weighted by atomic mass is 19.4. The van der Waals surface area contributed by atoms with Gasteiger partial charge in [-0.25, -0.2) is 0 Å². The topological polar surface area (TPSA) is 67.4 Å². The molecule has 0 spiro atoms. The Morgan fingerprint density at radius 2 is 2.24 bits per heavy atom. The van der Waals surface area contributed by atoms with Crippen LogP contribution in [0.2, 0.25) is 0 Å². The van der Waals surface area contributed by atoms with Crippen LogP contribution in [0, 0.1) is 5.92 Å². The minimum absolute atomic E-state index is 0.00792. The largest absolute Gasteiger partial charge is 0.471 e. The SMILES string of the molecule is O=COCC1CCNCC1NC(=O)C(F)(F)F. The number of alkyl halides is 3. The zero-order valence-electron chi connectivity index (χ0n) is 8.92. The normalized spacial score (nSPS) is 25.1. The van der Waals surface area contributed by atoms with Crippen LogP contribution in [0.3, 0.4) is 0 Å². The maximum Gasteiger partial charge on any atom is 0.471 e. The van der Waals surface area contributed by atoms with Crippen molar-refractivity contribution in [3.63, 3.8) is 0 Å². The van der Waals surface area contributed by atoms with Gasteiger partial charge in [-0.3, -0.25) is 9.59 Å². The number of halogens is 3. The van der Waals surface area contributed by atoms with Crippen LogP contribution in [-0.2, 0) is 14.3 Å².